The van der Waals surface area contributed by atoms with Crippen molar-refractivity contribution >= 4 is 25.9 Å². The van der Waals surface area contributed by atoms with Crippen LogP contribution < -0.4 is 15.4 Å². The number of rotatable bonds is 8. The van der Waals surface area contributed by atoms with Crippen molar-refractivity contribution in [2.45, 2.75) is 76.0 Å². The third-order valence-electron chi connectivity index (χ3n) is 9.32. The third-order valence-corrected chi connectivity index (χ3v) is 11.6. The Morgan fingerprint density at radius 1 is 1.24 bits per heavy atom. The van der Waals surface area contributed by atoms with E-state index in [0.717, 1.165) is 36.1 Å². The first kappa shape index (κ1) is 30.7. The monoisotopic (exact) mass is 597 g/mol. The number of carbonyl (C=O) groups excluding carboxylic acids is 2. The molecule has 2 amide bonds. The van der Waals surface area contributed by atoms with Crippen LogP contribution in [0.3, 0.4) is 0 Å². The Bertz CT molecular complexity index is 1280. The maximum atomic E-state index is 16.1. The molecule has 0 saturated carbocycles. The van der Waals surface area contributed by atoms with Gasteiger partial charge in [0.15, 0.2) is 0 Å². The van der Waals surface area contributed by atoms with Gasteiger partial charge in [0, 0.05) is 49.3 Å². The van der Waals surface area contributed by atoms with E-state index in [9.17, 15) is 14.7 Å². The zero-order chi connectivity index (χ0) is 30.0. The Morgan fingerprint density at radius 3 is 2.67 bits per heavy atom. The Kier molecular flexibility index (Phi) is 9.37. The van der Waals surface area contributed by atoms with Crippen molar-refractivity contribution < 1.29 is 28.3 Å². The molecule has 42 heavy (non-hydrogen) atoms. The van der Waals surface area contributed by atoms with Gasteiger partial charge in [0.25, 0.3) is 0 Å². The predicted octanol–water partition coefficient (Wildman–Crippen LogP) is 4.59. The molecule has 3 aliphatic rings. The molecule has 8 nitrogen and oxygen atoms in total. The highest BCUT2D eigenvalue weighted by molar-refractivity contribution is 6.72. The number of ether oxygens (including phenoxy) is 2. The van der Waals surface area contributed by atoms with Crippen LogP contribution in [0.4, 0.5) is 9.80 Å². The van der Waals surface area contributed by atoms with Gasteiger partial charge in [-0.3, -0.25) is 9.59 Å². The second kappa shape index (κ2) is 12.8. The summed E-state index contributed by atoms with van der Waals surface area (Å²) in [6.45, 7) is 7.10. The van der Waals surface area contributed by atoms with Crippen LogP contribution in [0.15, 0.2) is 42.5 Å². The smallest absolute Gasteiger partial charge is 0.248 e. The fourth-order valence-electron chi connectivity index (χ4n) is 6.87. The van der Waals surface area contributed by atoms with Crippen LogP contribution in [-0.2, 0) is 27.3 Å². The van der Waals surface area contributed by atoms with Gasteiger partial charge in [-0.2, -0.15) is 0 Å². The van der Waals surface area contributed by atoms with Crippen molar-refractivity contribution in [3.8, 4) is 5.75 Å². The van der Waals surface area contributed by atoms with Crippen molar-refractivity contribution in [3.63, 3.8) is 0 Å². The van der Waals surface area contributed by atoms with E-state index < -0.39 is 26.2 Å². The quantitative estimate of drug-likeness (QED) is 0.304. The molecule has 0 radical (unpaired) electrons. The zero-order valence-electron chi connectivity index (χ0n) is 25.1. The molecule has 0 aliphatic carbocycles. The number of nitrogens with zero attached hydrogens (tertiary/aromatic N) is 1. The van der Waals surface area contributed by atoms with Gasteiger partial charge in [0.05, 0.1) is 24.7 Å². The highest BCUT2D eigenvalue weighted by atomic mass is 28.4. The number of aliphatic hydroxyl groups is 1. The molecule has 0 bridgehead atoms. The van der Waals surface area contributed by atoms with Crippen LogP contribution in [0.5, 0.6) is 5.75 Å². The SMILES string of the molecule is CO[C@@H]1c2cc(NC(=O)C3CCCNC3)ccc2O[C@H](C(CC(=O)N2Cc3ccccc3C[C@H]2CO)[Si](C)(C)F)[C@H]1C. The minimum Gasteiger partial charge on any atom is -0.490 e. The second-order valence-corrected chi connectivity index (χ2v) is 16.5. The maximum Gasteiger partial charge on any atom is 0.248 e. The van der Waals surface area contributed by atoms with Gasteiger partial charge in [-0.05, 0) is 68.2 Å². The average Bonchev–Trinajstić information content (AvgIpc) is 2.99. The second-order valence-electron chi connectivity index (χ2n) is 12.6. The Labute approximate surface area is 249 Å². The topological polar surface area (TPSA) is 100 Å². The first-order chi connectivity index (χ1) is 20.1. The highest BCUT2D eigenvalue weighted by Crippen LogP contribution is 2.48. The van der Waals surface area contributed by atoms with E-state index in [4.69, 9.17) is 9.47 Å². The van der Waals surface area contributed by atoms with Gasteiger partial charge in [-0.1, -0.05) is 31.2 Å². The standard InChI is InChI=1S/C32H44FN3O5Si/c1-20-30(40-2)26-15-24(35-32(39)22-10-7-13-34-17-22)11-12-27(26)41-31(20)28(42(3,4)33)16-29(38)36-18-23-9-6-5-8-21(23)14-25(36)19-37/h5-6,8-9,11-12,15,20,22,25,28,30-31,34,37H,7,10,13-14,16-19H2,1-4H3,(H,35,39)/t20-,22?,25-,28?,30-,31-/m0/s1. The number of nitrogens with one attached hydrogen (secondary N) is 2. The van der Waals surface area contributed by atoms with E-state index in [-0.39, 0.29) is 42.7 Å². The van der Waals surface area contributed by atoms with Gasteiger partial charge in [0.1, 0.15) is 11.9 Å². The minimum atomic E-state index is -3.42. The lowest BCUT2D eigenvalue weighted by molar-refractivity contribution is -0.136. The molecule has 3 aliphatic heterocycles. The summed E-state index contributed by atoms with van der Waals surface area (Å²) >= 11 is 0. The largest absolute Gasteiger partial charge is 0.490 e. The summed E-state index contributed by atoms with van der Waals surface area (Å²) in [4.78, 5) is 28.4. The number of hydrogen-bond acceptors (Lipinski definition) is 6. The molecule has 2 aromatic rings. The normalized spacial score (nSPS) is 26.4. The van der Waals surface area contributed by atoms with E-state index in [1.807, 2.05) is 49.4 Å². The fourth-order valence-corrected chi connectivity index (χ4v) is 8.69. The van der Waals surface area contributed by atoms with E-state index in [1.54, 1.807) is 25.1 Å². The minimum absolute atomic E-state index is 0.00126. The molecule has 3 N–H and O–H groups in total. The predicted molar refractivity (Wildman–Crippen MR) is 163 cm³/mol. The number of carbonyl (C=O) groups is 2. The molecule has 1 saturated heterocycles. The van der Waals surface area contributed by atoms with Crippen molar-refractivity contribution in [2.75, 3.05) is 32.1 Å². The first-order valence-electron chi connectivity index (χ1n) is 15.1. The molecule has 0 spiro atoms. The lowest BCUT2D eigenvalue weighted by Gasteiger charge is -2.44. The number of halogens is 1. The molecule has 0 aromatic heterocycles. The molecular weight excluding hydrogens is 553 g/mol. The number of fused-ring (bicyclic) bond motifs is 2. The van der Waals surface area contributed by atoms with Crippen LogP contribution in [0.25, 0.3) is 0 Å². The first-order valence-corrected chi connectivity index (χ1v) is 18.1. The number of aliphatic hydroxyl groups excluding tert-OH is 1. The number of amides is 2. The average molecular weight is 598 g/mol. The fraction of sp³-hybridized carbons (Fsp3) is 0.562. The number of hydrogen-bond donors (Lipinski definition) is 3. The van der Waals surface area contributed by atoms with Crippen molar-refractivity contribution in [1.29, 1.82) is 0 Å². The number of methoxy groups -OCH3 is 1. The van der Waals surface area contributed by atoms with Gasteiger partial charge in [-0.15, -0.1) is 0 Å². The molecule has 10 heteroatoms. The lowest BCUT2D eigenvalue weighted by Crippen LogP contribution is -2.50. The summed E-state index contributed by atoms with van der Waals surface area (Å²) in [5, 5.41) is 16.4. The molecular formula is C32H44FN3O5Si. The van der Waals surface area contributed by atoms with Crippen LogP contribution in [0.2, 0.25) is 18.6 Å². The molecule has 228 valence electrons. The summed E-state index contributed by atoms with van der Waals surface area (Å²) in [6, 6.07) is 13.1. The van der Waals surface area contributed by atoms with Gasteiger partial charge >= 0.3 is 0 Å². The van der Waals surface area contributed by atoms with E-state index in [2.05, 4.69) is 10.6 Å². The van der Waals surface area contributed by atoms with Crippen molar-refractivity contribution in [3.05, 3.63) is 59.2 Å². The molecule has 2 unspecified atom stereocenters. The Hall–Kier alpha value is -2.79. The Morgan fingerprint density at radius 2 is 2.00 bits per heavy atom. The van der Waals surface area contributed by atoms with Gasteiger partial charge in [-0.25, -0.2) is 0 Å². The highest BCUT2D eigenvalue weighted by Gasteiger charge is 2.49. The number of benzene rings is 2. The molecule has 1 fully saturated rings. The molecule has 2 aromatic carbocycles. The zero-order valence-corrected chi connectivity index (χ0v) is 26.1. The summed E-state index contributed by atoms with van der Waals surface area (Å²) in [6.07, 6.45) is 1.44. The van der Waals surface area contributed by atoms with Crippen LogP contribution in [-0.4, -0.2) is 69.2 Å². The Balaban J connectivity index is 1.36. The van der Waals surface area contributed by atoms with E-state index in [0.29, 0.717) is 30.9 Å². The molecule has 3 heterocycles. The maximum absolute atomic E-state index is 16.1. The third kappa shape index (κ3) is 6.41. The van der Waals surface area contributed by atoms with Crippen LogP contribution in [0, 0.1) is 11.8 Å². The van der Waals surface area contributed by atoms with Crippen molar-refractivity contribution in [2.24, 2.45) is 11.8 Å². The number of anilines is 1. The molecule has 6 atom stereocenters. The van der Waals surface area contributed by atoms with Crippen LogP contribution in [0.1, 0.15) is 49.0 Å². The lowest BCUT2D eigenvalue weighted by atomic mass is 9.86. The summed E-state index contributed by atoms with van der Waals surface area (Å²) < 4.78 is 28.6. The van der Waals surface area contributed by atoms with Crippen LogP contribution >= 0.6 is 0 Å². The summed E-state index contributed by atoms with van der Waals surface area (Å²) in [5.41, 5.74) is 3.04. The summed E-state index contributed by atoms with van der Waals surface area (Å²) in [7, 11) is -1.79. The summed E-state index contributed by atoms with van der Waals surface area (Å²) in [5.74, 6) is 0.0909. The van der Waals surface area contributed by atoms with Gasteiger partial charge < -0.3 is 34.2 Å². The van der Waals surface area contributed by atoms with E-state index >= 15 is 4.11 Å². The number of piperidine rings is 1. The van der Waals surface area contributed by atoms with Crippen molar-refractivity contribution in [1.82, 2.24) is 10.2 Å². The van der Waals surface area contributed by atoms with E-state index in [1.165, 1.54) is 0 Å². The van der Waals surface area contributed by atoms with Gasteiger partial charge in [0.2, 0.25) is 20.2 Å². The molecule has 5 rings (SSSR count).